The van der Waals surface area contributed by atoms with E-state index in [1.54, 1.807) is 0 Å². The zero-order valence-corrected chi connectivity index (χ0v) is 14.6. The summed E-state index contributed by atoms with van der Waals surface area (Å²) in [4.78, 5) is 12.1. The van der Waals surface area contributed by atoms with Crippen molar-refractivity contribution in [2.24, 2.45) is 5.92 Å². The Morgan fingerprint density at radius 1 is 1.26 bits per heavy atom. The van der Waals surface area contributed by atoms with Crippen LogP contribution >= 0.6 is 0 Å². The highest BCUT2D eigenvalue weighted by Gasteiger charge is 2.53. The number of rotatable bonds is 4. The van der Waals surface area contributed by atoms with Crippen LogP contribution in [0, 0.1) is 5.92 Å². The number of hydrogen-bond donors (Lipinski definition) is 3. The molecular weight excluding hydrogens is 294 g/mol. The maximum absolute atomic E-state index is 12.1. The second-order valence-electron chi connectivity index (χ2n) is 8.04. The van der Waals surface area contributed by atoms with Gasteiger partial charge in [0.05, 0.1) is 18.2 Å². The number of nitrogens with one attached hydrogen (secondary N) is 3. The third kappa shape index (κ3) is 4.17. The summed E-state index contributed by atoms with van der Waals surface area (Å²) in [6, 6.07) is 0.839. The summed E-state index contributed by atoms with van der Waals surface area (Å²) in [5.74, 6) is 0.408. The minimum absolute atomic E-state index is 0.108. The van der Waals surface area contributed by atoms with E-state index < -0.39 is 5.60 Å². The highest BCUT2D eigenvalue weighted by atomic mass is 16.6. The van der Waals surface area contributed by atoms with E-state index in [0.29, 0.717) is 12.0 Å². The zero-order valence-electron chi connectivity index (χ0n) is 14.6. The van der Waals surface area contributed by atoms with E-state index in [2.05, 4.69) is 16.0 Å². The van der Waals surface area contributed by atoms with Crippen LogP contribution in [0.1, 0.15) is 46.5 Å². The number of amides is 1. The van der Waals surface area contributed by atoms with Crippen LogP contribution in [-0.2, 0) is 9.47 Å². The highest BCUT2D eigenvalue weighted by molar-refractivity contribution is 5.68. The molecule has 3 aliphatic rings. The Hall–Kier alpha value is -0.850. The summed E-state index contributed by atoms with van der Waals surface area (Å²) in [7, 11) is 0. The van der Waals surface area contributed by atoms with Gasteiger partial charge < -0.3 is 25.4 Å². The van der Waals surface area contributed by atoms with Gasteiger partial charge in [0, 0.05) is 25.1 Å². The van der Waals surface area contributed by atoms with Gasteiger partial charge in [-0.05, 0) is 53.0 Å². The number of fused-ring (bicyclic) bond motifs is 1. The molecule has 2 saturated heterocycles. The fourth-order valence-electron chi connectivity index (χ4n) is 4.00. The number of ether oxygens (including phenoxy) is 2. The van der Waals surface area contributed by atoms with Crippen molar-refractivity contribution in [3.63, 3.8) is 0 Å². The van der Waals surface area contributed by atoms with E-state index in [9.17, 15) is 4.79 Å². The predicted molar refractivity (Wildman–Crippen MR) is 88.4 cm³/mol. The average molecular weight is 325 g/mol. The van der Waals surface area contributed by atoms with Crippen LogP contribution in [0.25, 0.3) is 0 Å². The van der Waals surface area contributed by atoms with Gasteiger partial charge in [0.25, 0.3) is 0 Å². The maximum atomic E-state index is 12.1. The quantitative estimate of drug-likeness (QED) is 0.729. The third-order valence-electron chi connectivity index (χ3n) is 5.06. The zero-order chi connectivity index (χ0) is 16.4. The summed E-state index contributed by atoms with van der Waals surface area (Å²) in [5.41, 5.74) is -0.465. The van der Waals surface area contributed by atoms with Crippen LogP contribution in [-0.4, -0.2) is 55.6 Å². The first kappa shape index (κ1) is 17.0. The number of carbonyl (C=O) groups excluding carboxylic acids is 1. The molecule has 1 aliphatic carbocycles. The molecule has 0 aromatic rings. The standard InChI is InChI=1S/C17H31N3O3/c1-17(2,3)23-16(21)20-13-12-7-5-9-22-15(12)14(13)19-10-11-6-4-8-18-11/h11-15,18-19H,4-10H2,1-3H3,(H,20,21). The maximum Gasteiger partial charge on any atom is 0.407 e. The van der Waals surface area contributed by atoms with Crippen LogP contribution in [0.4, 0.5) is 4.79 Å². The van der Waals surface area contributed by atoms with Gasteiger partial charge in [0.15, 0.2) is 0 Å². The fraction of sp³-hybridized carbons (Fsp3) is 0.941. The van der Waals surface area contributed by atoms with Crippen LogP contribution < -0.4 is 16.0 Å². The van der Waals surface area contributed by atoms with E-state index in [1.807, 2.05) is 20.8 Å². The molecule has 2 aliphatic heterocycles. The van der Waals surface area contributed by atoms with Crippen LogP contribution in [0.3, 0.4) is 0 Å². The van der Waals surface area contributed by atoms with E-state index in [1.165, 1.54) is 12.8 Å². The van der Waals surface area contributed by atoms with Crippen molar-refractivity contribution in [2.75, 3.05) is 19.7 Å². The summed E-state index contributed by atoms with van der Waals surface area (Å²) in [5, 5.41) is 10.2. The van der Waals surface area contributed by atoms with Crippen LogP contribution in [0.5, 0.6) is 0 Å². The van der Waals surface area contributed by atoms with Crippen LogP contribution in [0.2, 0.25) is 0 Å². The van der Waals surface area contributed by atoms with Gasteiger partial charge in [0.1, 0.15) is 5.60 Å². The molecule has 3 N–H and O–H groups in total. The molecule has 0 aromatic carbocycles. The average Bonchev–Trinajstić information content (AvgIpc) is 2.97. The molecule has 0 spiro atoms. The largest absolute Gasteiger partial charge is 0.444 e. The SMILES string of the molecule is CC(C)(C)OC(=O)NC1C2CCCOC2C1NCC1CCCN1. The van der Waals surface area contributed by atoms with Crippen molar-refractivity contribution in [2.45, 2.75) is 76.3 Å². The molecule has 23 heavy (non-hydrogen) atoms. The van der Waals surface area contributed by atoms with Crippen LogP contribution in [0.15, 0.2) is 0 Å². The van der Waals surface area contributed by atoms with Gasteiger partial charge in [-0.25, -0.2) is 4.79 Å². The lowest BCUT2D eigenvalue weighted by Crippen LogP contribution is -2.73. The molecule has 0 aromatic heterocycles. The van der Waals surface area contributed by atoms with Crippen molar-refractivity contribution in [1.29, 1.82) is 0 Å². The Morgan fingerprint density at radius 2 is 2.09 bits per heavy atom. The molecule has 6 heteroatoms. The van der Waals surface area contributed by atoms with Crippen molar-refractivity contribution < 1.29 is 14.3 Å². The van der Waals surface area contributed by atoms with Crippen molar-refractivity contribution in [3.8, 4) is 0 Å². The molecule has 3 fully saturated rings. The molecule has 3 rings (SSSR count). The molecule has 2 heterocycles. The first-order chi connectivity index (χ1) is 10.9. The smallest absolute Gasteiger partial charge is 0.407 e. The Bertz CT molecular complexity index is 418. The molecular formula is C17H31N3O3. The normalized spacial score (nSPS) is 36.9. The molecule has 5 unspecified atom stereocenters. The molecule has 0 bridgehead atoms. The van der Waals surface area contributed by atoms with Crippen molar-refractivity contribution in [1.82, 2.24) is 16.0 Å². The minimum atomic E-state index is -0.465. The summed E-state index contributed by atoms with van der Waals surface area (Å²) < 4.78 is 11.4. The highest BCUT2D eigenvalue weighted by Crippen LogP contribution is 2.38. The Morgan fingerprint density at radius 3 is 2.78 bits per heavy atom. The fourth-order valence-corrected chi connectivity index (χ4v) is 4.00. The van der Waals surface area contributed by atoms with Gasteiger partial charge in [0.2, 0.25) is 0 Å². The lowest BCUT2D eigenvalue weighted by Gasteiger charge is -2.54. The molecule has 1 amide bonds. The van der Waals surface area contributed by atoms with Gasteiger partial charge >= 0.3 is 6.09 Å². The number of alkyl carbamates (subject to hydrolysis) is 1. The molecule has 1 saturated carbocycles. The minimum Gasteiger partial charge on any atom is -0.444 e. The topological polar surface area (TPSA) is 71.6 Å². The third-order valence-corrected chi connectivity index (χ3v) is 5.06. The Labute approximate surface area is 139 Å². The summed E-state index contributed by atoms with van der Waals surface area (Å²) >= 11 is 0. The number of carbonyl (C=O) groups is 1. The first-order valence-corrected chi connectivity index (χ1v) is 9.02. The summed E-state index contributed by atoms with van der Waals surface area (Å²) in [6.07, 6.45) is 4.57. The van der Waals surface area contributed by atoms with Crippen molar-refractivity contribution in [3.05, 3.63) is 0 Å². The molecule has 0 radical (unpaired) electrons. The monoisotopic (exact) mass is 325 g/mol. The van der Waals surface area contributed by atoms with E-state index in [4.69, 9.17) is 9.47 Å². The predicted octanol–water partition coefficient (Wildman–Crippen LogP) is 1.40. The van der Waals surface area contributed by atoms with E-state index in [-0.39, 0.29) is 24.3 Å². The van der Waals surface area contributed by atoms with Gasteiger partial charge in [-0.15, -0.1) is 0 Å². The van der Waals surface area contributed by atoms with Gasteiger partial charge in [-0.1, -0.05) is 0 Å². The first-order valence-electron chi connectivity index (χ1n) is 9.02. The summed E-state index contributed by atoms with van der Waals surface area (Å²) in [6.45, 7) is 8.55. The lowest BCUT2D eigenvalue weighted by molar-refractivity contribution is -0.128. The second kappa shape index (κ2) is 6.95. The van der Waals surface area contributed by atoms with Gasteiger partial charge in [-0.3, -0.25) is 0 Å². The Kier molecular flexibility index (Phi) is 5.13. The van der Waals surface area contributed by atoms with E-state index in [0.717, 1.165) is 32.5 Å². The molecule has 132 valence electrons. The van der Waals surface area contributed by atoms with E-state index >= 15 is 0 Å². The molecule has 5 atom stereocenters. The van der Waals surface area contributed by atoms with Gasteiger partial charge in [-0.2, -0.15) is 0 Å². The van der Waals surface area contributed by atoms with Crippen molar-refractivity contribution >= 4 is 6.09 Å². The number of hydrogen-bond acceptors (Lipinski definition) is 5. The molecule has 6 nitrogen and oxygen atoms in total. The lowest BCUT2D eigenvalue weighted by atomic mass is 9.68. The second-order valence-corrected chi connectivity index (χ2v) is 8.04. The Balaban J connectivity index is 1.55.